The van der Waals surface area contributed by atoms with E-state index in [9.17, 15) is 15.3 Å². The number of fused-ring (bicyclic) bond motifs is 2. The summed E-state index contributed by atoms with van der Waals surface area (Å²) in [6, 6.07) is 7.89. The molecule has 158 valence electrons. The number of aliphatic hydroxyl groups is 3. The summed E-state index contributed by atoms with van der Waals surface area (Å²) in [4.78, 5) is 12.9. The number of rotatable bonds is 5. The van der Waals surface area contributed by atoms with Crippen LogP contribution in [0.4, 0.5) is 5.82 Å². The van der Waals surface area contributed by atoms with Crippen molar-refractivity contribution in [3.8, 4) is 5.75 Å². The number of aromatic nitrogens is 4. The molecule has 0 bridgehead atoms. The SMILES string of the molecule is OC[C@H]1O[C@@H](n2cnc3c(NNC4CCOc5ccccc54)ncnc32)[C@H](O)[C@@H]1O. The van der Waals surface area contributed by atoms with E-state index in [1.165, 1.54) is 17.2 Å². The van der Waals surface area contributed by atoms with E-state index in [2.05, 4.69) is 25.8 Å². The fourth-order valence-electron chi connectivity index (χ4n) is 3.89. The van der Waals surface area contributed by atoms with Crippen molar-refractivity contribution in [2.45, 2.75) is 37.0 Å². The Morgan fingerprint density at radius 1 is 1.13 bits per heavy atom. The lowest BCUT2D eigenvalue weighted by Gasteiger charge is -2.27. The lowest BCUT2D eigenvalue weighted by atomic mass is 10.0. The van der Waals surface area contributed by atoms with Gasteiger partial charge in [-0.25, -0.2) is 20.4 Å². The number of anilines is 1. The van der Waals surface area contributed by atoms with Crippen LogP contribution in [0.15, 0.2) is 36.9 Å². The number of imidazole rings is 1. The molecule has 0 amide bonds. The molecule has 2 aliphatic rings. The van der Waals surface area contributed by atoms with Gasteiger partial charge in [-0.2, -0.15) is 0 Å². The van der Waals surface area contributed by atoms with Crippen LogP contribution in [0, 0.1) is 0 Å². The molecule has 5 rings (SSSR count). The summed E-state index contributed by atoms with van der Waals surface area (Å²) in [6.07, 6.45) is -0.583. The van der Waals surface area contributed by atoms with Gasteiger partial charge >= 0.3 is 0 Å². The van der Waals surface area contributed by atoms with Crippen LogP contribution >= 0.6 is 0 Å². The lowest BCUT2D eigenvalue weighted by molar-refractivity contribution is -0.0511. The third kappa shape index (κ3) is 3.16. The molecule has 2 aromatic heterocycles. The normalized spacial score (nSPS) is 28.3. The van der Waals surface area contributed by atoms with Gasteiger partial charge in [0.05, 0.1) is 25.6 Å². The van der Waals surface area contributed by atoms with E-state index < -0.39 is 31.1 Å². The second-order valence-electron chi connectivity index (χ2n) is 7.27. The van der Waals surface area contributed by atoms with Crippen LogP contribution in [0.1, 0.15) is 24.3 Å². The highest BCUT2D eigenvalue weighted by atomic mass is 16.6. The summed E-state index contributed by atoms with van der Waals surface area (Å²) < 4.78 is 12.8. The zero-order valence-corrected chi connectivity index (χ0v) is 15.9. The van der Waals surface area contributed by atoms with Crippen LogP contribution in [0.5, 0.6) is 5.75 Å². The van der Waals surface area contributed by atoms with Crippen LogP contribution < -0.4 is 15.6 Å². The number of hydrogen-bond donors (Lipinski definition) is 5. The molecule has 11 heteroatoms. The average Bonchev–Trinajstić information content (AvgIpc) is 3.33. The summed E-state index contributed by atoms with van der Waals surface area (Å²) in [7, 11) is 0. The van der Waals surface area contributed by atoms with Crippen LogP contribution in [0.3, 0.4) is 0 Å². The number of aliphatic hydroxyl groups excluding tert-OH is 3. The Labute approximate surface area is 171 Å². The lowest BCUT2D eigenvalue weighted by Crippen LogP contribution is -2.33. The largest absolute Gasteiger partial charge is 0.493 e. The molecule has 5 atom stereocenters. The number of hydrazine groups is 1. The number of nitrogens with one attached hydrogen (secondary N) is 2. The van der Waals surface area contributed by atoms with Gasteiger partial charge in [0.25, 0.3) is 0 Å². The van der Waals surface area contributed by atoms with Gasteiger partial charge in [0.15, 0.2) is 23.2 Å². The number of para-hydroxylation sites is 1. The predicted molar refractivity (Wildman–Crippen MR) is 104 cm³/mol. The minimum atomic E-state index is -1.22. The highest BCUT2D eigenvalue weighted by molar-refractivity contribution is 5.82. The van der Waals surface area contributed by atoms with E-state index in [0.29, 0.717) is 23.6 Å². The maximum atomic E-state index is 10.3. The van der Waals surface area contributed by atoms with Crippen LogP contribution in [-0.2, 0) is 4.74 Å². The van der Waals surface area contributed by atoms with Crippen molar-refractivity contribution in [3.05, 3.63) is 42.5 Å². The number of ether oxygens (including phenoxy) is 2. The molecule has 0 saturated carbocycles. The van der Waals surface area contributed by atoms with Gasteiger partial charge in [-0.15, -0.1) is 0 Å². The first kappa shape index (κ1) is 19.2. The summed E-state index contributed by atoms with van der Waals surface area (Å²) in [5.41, 5.74) is 8.35. The van der Waals surface area contributed by atoms with E-state index in [1.54, 1.807) is 0 Å². The molecule has 2 aliphatic heterocycles. The van der Waals surface area contributed by atoms with Gasteiger partial charge in [-0.05, 0) is 6.07 Å². The Morgan fingerprint density at radius 3 is 2.83 bits per heavy atom. The van der Waals surface area contributed by atoms with E-state index in [-0.39, 0.29) is 6.04 Å². The Morgan fingerprint density at radius 2 is 2.00 bits per heavy atom. The van der Waals surface area contributed by atoms with Gasteiger partial charge in [-0.1, -0.05) is 18.2 Å². The first-order valence-corrected chi connectivity index (χ1v) is 9.70. The second-order valence-corrected chi connectivity index (χ2v) is 7.27. The van der Waals surface area contributed by atoms with Crippen molar-refractivity contribution < 1.29 is 24.8 Å². The maximum absolute atomic E-state index is 10.3. The number of benzene rings is 1. The topological polar surface area (TPSA) is 147 Å². The summed E-state index contributed by atoms with van der Waals surface area (Å²) >= 11 is 0. The minimum absolute atomic E-state index is 0.0301. The third-order valence-corrected chi connectivity index (χ3v) is 5.47. The van der Waals surface area contributed by atoms with Gasteiger partial charge in [0.2, 0.25) is 0 Å². The molecule has 5 N–H and O–H groups in total. The van der Waals surface area contributed by atoms with Gasteiger partial charge in [0, 0.05) is 12.0 Å². The standard InChI is InChI=1S/C19H22N6O5/c26-7-13-15(27)16(28)19(30-13)25-9-22-14-17(20-8-21-18(14)25)24-23-11-5-6-29-12-4-2-1-3-10(11)12/h1-4,8-9,11,13,15-16,19,23,26-28H,5-7H2,(H,20,21,24)/t11?,13-,15-,16-,19-/m1/s1. The van der Waals surface area contributed by atoms with Crippen molar-refractivity contribution in [2.24, 2.45) is 0 Å². The average molecular weight is 414 g/mol. The maximum Gasteiger partial charge on any atom is 0.171 e. The fraction of sp³-hybridized carbons (Fsp3) is 0.421. The Kier molecular flexibility index (Phi) is 4.97. The molecular formula is C19H22N6O5. The Bertz CT molecular complexity index is 1050. The van der Waals surface area contributed by atoms with Crippen molar-refractivity contribution in [3.63, 3.8) is 0 Å². The zero-order valence-electron chi connectivity index (χ0n) is 15.9. The molecule has 0 radical (unpaired) electrons. The monoisotopic (exact) mass is 414 g/mol. The van der Waals surface area contributed by atoms with Crippen molar-refractivity contribution in [2.75, 3.05) is 18.6 Å². The zero-order chi connectivity index (χ0) is 20.7. The van der Waals surface area contributed by atoms with E-state index in [0.717, 1.165) is 17.7 Å². The third-order valence-electron chi connectivity index (χ3n) is 5.47. The smallest absolute Gasteiger partial charge is 0.171 e. The number of hydrogen-bond acceptors (Lipinski definition) is 10. The number of nitrogens with zero attached hydrogens (tertiary/aromatic N) is 4. The molecule has 1 saturated heterocycles. The molecule has 11 nitrogen and oxygen atoms in total. The molecule has 30 heavy (non-hydrogen) atoms. The Balaban J connectivity index is 1.39. The molecule has 4 heterocycles. The quantitative estimate of drug-likeness (QED) is 0.358. The van der Waals surface area contributed by atoms with Crippen LogP contribution in [0.2, 0.25) is 0 Å². The summed E-state index contributed by atoms with van der Waals surface area (Å²) in [6.45, 7) is 0.203. The van der Waals surface area contributed by atoms with Crippen molar-refractivity contribution in [1.29, 1.82) is 0 Å². The molecule has 3 aromatic rings. The molecule has 1 fully saturated rings. The van der Waals surface area contributed by atoms with Gasteiger partial charge < -0.3 is 30.2 Å². The Hall–Kier alpha value is -2.83. The molecular weight excluding hydrogens is 392 g/mol. The van der Waals surface area contributed by atoms with Gasteiger partial charge in [-0.3, -0.25) is 4.57 Å². The predicted octanol–water partition coefficient (Wildman–Crippen LogP) is -0.122. The first-order chi connectivity index (χ1) is 14.7. The van der Waals surface area contributed by atoms with E-state index in [4.69, 9.17) is 9.47 Å². The summed E-state index contributed by atoms with van der Waals surface area (Å²) in [5.74, 6) is 1.32. The van der Waals surface area contributed by atoms with E-state index in [1.807, 2.05) is 24.3 Å². The highest BCUT2D eigenvalue weighted by Gasteiger charge is 2.44. The van der Waals surface area contributed by atoms with E-state index >= 15 is 0 Å². The van der Waals surface area contributed by atoms with Crippen molar-refractivity contribution in [1.82, 2.24) is 24.9 Å². The summed E-state index contributed by atoms with van der Waals surface area (Å²) in [5, 5.41) is 29.7. The highest BCUT2D eigenvalue weighted by Crippen LogP contribution is 2.33. The molecule has 1 unspecified atom stereocenters. The fourth-order valence-corrected chi connectivity index (χ4v) is 3.89. The van der Waals surface area contributed by atoms with Crippen molar-refractivity contribution >= 4 is 17.0 Å². The van der Waals surface area contributed by atoms with Gasteiger partial charge in [0.1, 0.15) is 30.4 Å². The molecule has 0 spiro atoms. The van der Waals surface area contributed by atoms with Crippen LogP contribution in [-0.4, -0.2) is 66.4 Å². The minimum Gasteiger partial charge on any atom is -0.493 e. The van der Waals surface area contributed by atoms with Crippen LogP contribution in [0.25, 0.3) is 11.2 Å². The second kappa shape index (κ2) is 7.78. The molecule has 0 aliphatic carbocycles. The first-order valence-electron chi connectivity index (χ1n) is 9.70. The molecule has 1 aromatic carbocycles.